The number of hydrogen-bond acceptors (Lipinski definition) is 3. The minimum absolute atomic E-state index is 0.173. The van der Waals surface area contributed by atoms with E-state index in [0.717, 1.165) is 23.1 Å². The van der Waals surface area contributed by atoms with Crippen molar-refractivity contribution in [3.05, 3.63) is 65.2 Å². The summed E-state index contributed by atoms with van der Waals surface area (Å²) in [6.07, 6.45) is -1.10. The molecule has 2 aromatic carbocycles. The predicted molar refractivity (Wildman–Crippen MR) is 89.4 cm³/mol. The van der Waals surface area contributed by atoms with Crippen LogP contribution < -0.4 is 9.47 Å². The van der Waals surface area contributed by atoms with Gasteiger partial charge in [0, 0.05) is 13.1 Å². The second-order valence-electron chi connectivity index (χ2n) is 5.87. The van der Waals surface area contributed by atoms with E-state index in [1.807, 2.05) is 30.1 Å². The molecule has 0 aliphatic carbocycles. The normalized spacial score (nSPS) is 13.8. The van der Waals surface area contributed by atoms with Gasteiger partial charge >= 0.3 is 6.18 Å². The number of fused-ring (bicyclic) bond motifs is 1. The molecule has 0 saturated carbocycles. The van der Waals surface area contributed by atoms with Gasteiger partial charge in [-0.25, -0.2) is 0 Å². The quantitative estimate of drug-likeness (QED) is 0.789. The van der Waals surface area contributed by atoms with Crippen molar-refractivity contribution in [1.82, 2.24) is 4.90 Å². The second kappa shape index (κ2) is 7.19. The maximum atomic E-state index is 13.0. The van der Waals surface area contributed by atoms with Crippen molar-refractivity contribution in [3.8, 4) is 11.5 Å². The van der Waals surface area contributed by atoms with E-state index < -0.39 is 11.7 Å². The summed E-state index contributed by atoms with van der Waals surface area (Å²) < 4.78 is 49.5. The zero-order chi connectivity index (χ0) is 17.9. The highest BCUT2D eigenvalue weighted by Crippen LogP contribution is 2.33. The molecule has 25 heavy (non-hydrogen) atoms. The van der Waals surface area contributed by atoms with Crippen molar-refractivity contribution >= 4 is 6.08 Å². The summed E-state index contributed by atoms with van der Waals surface area (Å²) in [4.78, 5) is 2.00. The van der Waals surface area contributed by atoms with Gasteiger partial charge < -0.3 is 9.47 Å². The van der Waals surface area contributed by atoms with E-state index in [2.05, 4.69) is 0 Å². The predicted octanol–water partition coefficient (Wildman–Crippen LogP) is 4.58. The van der Waals surface area contributed by atoms with Crippen LogP contribution in [0.15, 0.2) is 48.5 Å². The largest absolute Gasteiger partial charge is 0.454 e. The molecule has 0 atom stereocenters. The number of rotatable bonds is 5. The highest BCUT2D eigenvalue weighted by atomic mass is 19.4. The fourth-order valence-corrected chi connectivity index (χ4v) is 2.68. The van der Waals surface area contributed by atoms with Gasteiger partial charge in [0.2, 0.25) is 6.79 Å². The standard InChI is InChI=1S/C19H18F3NO2/c1-23(12-14-8-9-17-18(11-14)25-13-24-17)10-4-6-15-5-2-3-7-16(15)19(20,21)22/h2-9,11H,10,12-13H2,1H3/b6-4+. The highest BCUT2D eigenvalue weighted by Gasteiger charge is 2.32. The Labute approximate surface area is 144 Å². The maximum Gasteiger partial charge on any atom is 0.416 e. The van der Waals surface area contributed by atoms with Gasteiger partial charge in [0.25, 0.3) is 0 Å². The summed E-state index contributed by atoms with van der Waals surface area (Å²) in [5.41, 5.74) is 0.604. The van der Waals surface area contributed by atoms with Crippen LogP contribution in [0.25, 0.3) is 6.08 Å². The molecule has 132 valence electrons. The first-order chi connectivity index (χ1) is 11.9. The number of benzene rings is 2. The van der Waals surface area contributed by atoms with E-state index in [-0.39, 0.29) is 12.4 Å². The number of halogens is 3. The van der Waals surface area contributed by atoms with Gasteiger partial charge in [-0.2, -0.15) is 13.2 Å². The Morgan fingerprint density at radius 2 is 1.84 bits per heavy atom. The Bertz CT molecular complexity index is 772. The third kappa shape index (κ3) is 4.33. The molecule has 1 aliphatic rings. The number of nitrogens with zero attached hydrogens (tertiary/aromatic N) is 1. The first-order valence-corrected chi connectivity index (χ1v) is 7.83. The van der Waals surface area contributed by atoms with Crippen LogP contribution in [0.4, 0.5) is 13.2 Å². The molecule has 0 bridgehead atoms. The van der Waals surface area contributed by atoms with Crippen molar-refractivity contribution in [3.63, 3.8) is 0 Å². The van der Waals surface area contributed by atoms with Crippen molar-refractivity contribution in [2.75, 3.05) is 20.4 Å². The van der Waals surface area contributed by atoms with Crippen LogP contribution in [0.2, 0.25) is 0 Å². The molecule has 3 rings (SSSR count). The molecule has 6 heteroatoms. The average Bonchev–Trinajstić information content (AvgIpc) is 3.02. The van der Waals surface area contributed by atoms with Gasteiger partial charge in [-0.05, 0) is 36.4 Å². The van der Waals surface area contributed by atoms with Crippen LogP contribution in [-0.4, -0.2) is 25.3 Å². The number of hydrogen-bond donors (Lipinski definition) is 0. The summed E-state index contributed by atoms with van der Waals surface area (Å²) >= 11 is 0. The van der Waals surface area contributed by atoms with Crippen molar-refractivity contribution in [2.24, 2.45) is 0 Å². The van der Waals surface area contributed by atoms with Crippen LogP contribution >= 0.6 is 0 Å². The molecular weight excluding hydrogens is 331 g/mol. The molecule has 0 unspecified atom stereocenters. The molecule has 2 aromatic rings. The first kappa shape index (κ1) is 17.4. The van der Waals surface area contributed by atoms with E-state index in [0.29, 0.717) is 13.1 Å². The molecule has 3 nitrogen and oxygen atoms in total. The molecule has 0 amide bonds. The van der Waals surface area contributed by atoms with E-state index in [1.165, 1.54) is 18.2 Å². The third-order valence-corrected chi connectivity index (χ3v) is 3.87. The lowest BCUT2D eigenvalue weighted by molar-refractivity contribution is -0.137. The summed E-state index contributed by atoms with van der Waals surface area (Å²) in [5.74, 6) is 1.45. The molecule has 0 fully saturated rings. The summed E-state index contributed by atoms with van der Waals surface area (Å²) in [7, 11) is 1.91. The Morgan fingerprint density at radius 1 is 1.08 bits per heavy atom. The van der Waals surface area contributed by atoms with Gasteiger partial charge in [0.1, 0.15) is 0 Å². The second-order valence-corrected chi connectivity index (χ2v) is 5.87. The SMILES string of the molecule is CN(C/C=C/c1ccccc1C(F)(F)F)Cc1ccc2c(c1)OCO2. The van der Waals surface area contributed by atoms with Gasteiger partial charge in [0.05, 0.1) is 5.56 Å². The lowest BCUT2D eigenvalue weighted by atomic mass is 10.1. The molecular formula is C19H18F3NO2. The maximum absolute atomic E-state index is 13.0. The van der Waals surface area contributed by atoms with E-state index >= 15 is 0 Å². The van der Waals surface area contributed by atoms with Gasteiger partial charge in [-0.3, -0.25) is 4.90 Å². The minimum atomic E-state index is -4.35. The van der Waals surface area contributed by atoms with Gasteiger partial charge in [-0.15, -0.1) is 0 Å². The Hall–Kier alpha value is -2.47. The van der Waals surface area contributed by atoms with Crippen molar-refractivity contribution in [2.45, 2.75) is 12.7 Å². The van der Waals surface area contributed by atoms with Crippen LogP contribution in [0.3, 0.4) is 0 Å². The fraction of sp³-hybridized carbons (Fsp3) is 0.263. The average molecular weight is 349 g/mol. The lowest BCUT2D eigenvalue weighted by Gasteiger charge is -2.15. The molecule has 1 heterocycles. The van der Waals surface area contributed by atoms with Gasteiger partial charge in [0.15, 0.2) is 11.5 Å². The van der Waals surface area contributed by atoms with Crippen LogP contribution in [-0.2, 0) is 12.7 Å². The van der Waals surface area contributed by atoms with Gasteiger partial charge in [-0.1, -0.05) is 36.4 Å². The zero-order valence-corrected chi connectivity index (χ0v) is 13.7. The van der Waals surface area contributed by atoms with E-state index in [4.69, 9.17) is 9.47 Å². The van der Waals surface area contributed by atoms with Crippen LogP contribution in [0.5, 0.6) is 11.5 Å². The minimum Gasteiger partial charge on any atom is -0.454 e. The molecule has 0 aromatic heterocycles. The zero-order valence-electron chi connectivity index (χ0n) is 13.7. The summed E-state index contributed by atoms with van der Waals surface area (Å²) in [5, 5.41) is 0. The molecule has 0 saturated heterocycles. The Kier molecular flexibility index (Phi) is 4.99. The molecule has 0 spiro atoms. The number of ether oxygens (including phenoxy) is 2. The molecule has 1 aliphatic heterocycles. The van der Waals surface area contributed by atoms with E-state index in [9.17, 15) is 13.2 Å². The topological polar surface area (TPSA) is 21.7 Å². The molecule has 0 radical (unpaired) electrons. The van der Waals surface area contributed by atoms with Crippen LogP contribution in [0, 0.1) is 0 Å². The number of alkyl halides is 3. The summed E-state index contributed by atoms with van der Waals surface area (Å²) in [6, 6.07) is 11.3. The lowest BCUT2D eigenvalue weighted by Crippen LogP contribution is -2.17. The smallest absolute Gasteiger partial charge is 0.416 e. The third-order valence-electron chi connectivity index (χ3n) is 3.87. The van der Waals surface area contributed by atoms with Crippen LogP contribution in [0.1, 0.15) is 16.7 Å². The fourth-order valence-electron chi connectivity index (χ4n) is 2.68. The molecule has 0 N–H and O–H groups in total. The first-order valence-electron chi connectivity index (χ1n) is 7.83. The highest BCUT2D eigenvalue weighted by molar-refractivity contribution is 5.54. The number of likely N-dealkylation sites (N-methyl/N-ethyl adjacent to an activating group) is 1. The van der Waals surface area contributed by atoms with Crippen molar-refractivity contribution in [1.29, 1.82) is 0 Å². The summed E-state index contributed by atoms with van der Waals surface area (Å²) in [6.45, 7) is 1.42. The monoisotopic (exact) mass is 349 g/mol. The van der Waals surface area contributed by atoms with Crippen molar-refractivity contribution < 1.29 is 22.6 Å². The Morgan fingerprint density at radius 3 is 2.64 bits per heavy atom. The van der Waals surface area contributed by atoms with E-state index in [1.54, 1.807) is 12.1 Å². The Balaban J connectivity index is 1.61.